The zero-order valence-electron chi connectivity index (χ0n) is 14.8. The number of hydrogen-bond donors (Lipinski definition) is 1. The van der Waals surface area contributed by atoms with Crippen LogP contribution in [0.3, 0.4) is 0 Å². The molecule has 1 saturated carbocycles. The Labute approximate surface area is 140 Å². The fourth-order valence-corrected chi connectivity index (χ4v) is 3.17. The molecule has 1 fully saturated rings. The van der Waals surface area contributed by atoms with Crippen molar-refractivity contribution in [3.63, 3.8) is 0 Å². The van der Waals surface area contributed by atoms with E-state index in [1.807, 2.05) is 0 Å². The van der Waals surface area contributed by atoms with E-state index in [1.165, 1.54) is 43.5 Å². The zero-order chi connectivity index (χ0) is 16.3. The van der Waals surface area contributed by atoms with E-state index < -0.39 is 0 Å². The van der Waals surface area contributed by atoms with Gasteiger partial charge in [-0.2, -0.15) is 0 Å². The van der Waals surface area contributed by atoms with Gasteiger partial charge < -0.3 is 10.1 Å². The van der Waals surface area contributed by atoms with Gasteiger partial charge in [-0.25, -0.2) is 0 Å². The molecule has 3 rings (SSSR count). The minimum Gasteiger partial charge on any atom is -0.488 e. The fourth-order valence-electron chi connectivity index (χ4n) is 3.17. The summed E-state index contributed by atoms with van der Waals surface area (Å²) in [5.41, 5.74) is 1.21. The number of aliphatic imine (C=N–C) groups is 1. The molecule has 0 saturated heterocycles. The van der Waals surface area contributed by atoms with Gasteiger partial charge in [0.15, 0.2) is 0 Å². The van der Waals surface area contributed by atoms with E-state index in [0.717, 1.165) is 24.6 Å². The summed E-state index contributed by atoms with van der Waals surface area (Å²) in [6.45, 7) is 7.23. The molecule has 1 unspecified atom stereocenters. The highest BCUT2D eigenvalue weighted by molar-refractivity contribution is 5.82. The van der Waals surface area contributed by atoms with Crippen molar-refractivity contribution in [2.75, 3.05) is 6.54 Å². The third kappa shape index (κ3) is 4.98. The van der Waals surface area contributed by atoms with Crippen molar-refractivity contribution in [3.8, 4) is 5.75 Å². The summed E-state index contributed by atoms with van der Waals surface area (Å²) in [6, 6.07) is 9.05. The molecule has 2 aliphatic rings. The molecule has 1 N–H and O–H groups in total. The molecule has 23 heavy (non-hydrogen) atoms. The van der Waals surface area contributed by atoms with Crippen LogP contribution in [0.5, 0.6) is 5.75 Å². The molecule has 1 aromatic rings. The van der Waals surface area contributed by atoms with Crippen LogP contribution < -0.4 is 10.1 Å². The molecule has 1 aliphatic carbocycles. The van der Waals surface area contributed by atoms with E-state index >= 15 is 0 Å². The molecule has 126 valence electrons. The summed E-state index contributed by atoms with van der Waals surface area (Å²) < 4.78 is 5.93. The Kier molecular flexibility index (Phi) is 4.93. The smallest absolute Gasteiger partial charge is 0.120 e. The molecule has 3 nitrogen and oxygen atoms in total. The first-order valence-corrected chi connectivity index (χ1v) is 9.10. The van der Waals surface area contributed by atoms with E-state index in [-0.39, 0.29) is 5.60 Å². The molecule has 1 aliphatic heterocycles. The average Bonchev–Trinajstić information content (AvgIpc) is 3.32. The third-order valence-electron chi connectivity index (χ3n) is 4.45. The quantitative estimate of drug-likeness (QED) is 0.859. The minimum absolute atomic E-state index is 0.148. The first kappa shape index (κ1) is 16.4. The molecular formula is C20H30N2O. The van der Waals surface area contributed by atoms with Crippen LogP contribution in [0.2, 0.25) is 0 Å². The first-order chi connectivity index (χ1) is 11.0. The van der Waals surface area contributed by atoms with E-state index in [4.69, 9.17) is 9.73 Å². The van der Waals surface area contributed by atoms with Crippen LogP contribution in [-0.4, -0.2) is 18.0 Å². The Balaban J connectivity index is 1.69. The summed E-state index contributed by atoms with van der Waals surface area (Å²) in [5.74, 6) is 2.92. The van der Waals surface area contributed by atoms with Crippen LogP contribution in [0, 0.1) is 5.92 Å². The lowest BCUT2D eigenvalue weighted by atomic mass is 10.0. The van der Waals surface area contributed by atoms with Crippen molar-refractivity contribution in [1.29, 1.82) is 0 Å². The van der Waals surface area contributed by atoms with Crippen molar-refractivity contribution in [2.45, 2.75) is 70.9 Å². The maximum Gasteiger partial charge on any atom is 0.120 e. The Morgan fingerprint density at radius 1 is 1.09 bits per heavy atom. The van der Waals surface area contributed by atoms with Gasteiger partial charge in [0.05, 0.1) is 11.9 Å². The predicted molar refractivity (Wildman–Crippen MR) is 96.2 cm³/mol. The highest BCUT2D eigenvalue weighted by Crippen LogP contribution is 2.41. The van der Waals surface area contributed by atoms with Gasteiger partial charge in [-0.15, -0.1) is 0 Å². The molecule has 1 atom stereocenters. The predicted octanol–water partition coefficient (Wildman–Crippen LogP) is 4.88. The highest BCUT2D eigenvalue weighted by Gasteiger charge is 2.33. The van der Waals surface area contributed by atoms with E-state index in [9.17, 15) is 0 Å². The summed E-state index contributed by atoms with van der Waals surface area (Å²) in [7, 11) is 0. The fraction of sp³-hybridized carbons (Fsp3) is 0.650. The molecule has 0 aromatic heterocycles. The van der Waals surface area contributed by atoms with Gasteiger partial charge in [0.1, 0.15) is 11.4 Å². The first-order valence-electron chi connectivity index (χ1n) is 9.10. The van der Waals surface area contributed by atoms with Crippen LogP contribution in [0.25, 0.3) is 0 Å². The van der Waals surface area contributed by atoms with Crippen LogP contribution in [0.15, 0.2) is 29.3 Å². The van der Waals surface area contributed by atoms with Crippen LogP contribution in [0.1, 0.15) is 70.9 Å². The van der Waals surface area contributed by atoms with Gasteiger partial charge in [0.25, 0.3) is 0 Å². The number of nitrogens with one attached hydrogen (secondary N) is 1. The number of nitrogens with zero attached hydrogens (tertiary/aromatic N) is 1. The average molecular weight is 314 g/mol. The monoisotopic (exact) mass is 314 g/mol. The second-order valence-corrected chi connectivity index (χ2v) is 7.88. The second-order valence-electron chi connectivity index (χ2n) is 7.88. The molecule has 0 spiro atoms. The topological polar surface area (TPSA) is 33.6 Å². The largest absolute Gasteiger partial charge is 0.488 e. The Morgan fingerprint density at radius 3 is 2.48 bits per heavy atom. The number of amidine groups is 1. The van der Waals surface area contributed by atoms with Gasteiger partial charge in [-0.1, -0.05) is 18.6 Å². The lowest BCUT2D eigenvalue weighted by Gasteiger charge is -2.23. The Morgan fingerprint density at radius 2 is 1.83 bits per heavy atom. The second kappa shape index (κ2) is 6.94. The number of rotatable bonds is 4. The molecule has 0 radical (unpaired) electrons. The van der Waals surface area contributed by atoms with Gasteiger partial charge >= 0.3 is 0 Å². The zero-order valence-corrected chi connectivity index (χ0v) is 14.8. The standard InChI is InChI=1S/C20H30N2O/c1-20(2,3)23-17-12-10-16(11-13-17)19(15-8-9-15)22-18-7-5-4-6-14-21-18/h10-13,15,19H,4-9,14H2,1-3H3,(H,21,22). The van der Waals surface area contributed by atoms with E-state index in [0.29, 0.717) is 6.04 Å². The lowest BCUT2D eigenvalue weighted by molar-refractivity contribution is 0.131. The van der Waals surface area contributed by atoms with Gasteiger partial charge in [0.2, 0.25) is 0 Å². The van der Waals surface area contributed by atoms with E-state index in [2.05, 4.69) is 50.4 Å². The van der Waals surface area contributed by atoms with Gasteiger partial charge in [-0.05, 0) is 70.1 Å². The molecule has 3 heteroatoms. The molecule has 1 heterocycles. The lowest BCUT2D eigenvalue weighted by Crippen LogP contribution is -2.30. The molecule has 1 aromatic carbocycles. The maximum atomic E-state index is 5.93. The number of ether oxygens (including phenoxy) is 1. The van der Waals surface area contributed by atoms with Crippen molar-refractivity contribution in [3.05, 3.63) is 29.8 Å². The van der Waals surface area contributed by atoms with Crippen LogP contribution in [0.4, 0.5) is 0 Å². The van der Waals surface area contributed by atoms with Crippen molar-refractivity contribution in [1.82, 2.24) is 5.32 Å². The summed E-state index contributed by atoms with van der Waals surface area (Å²) in [6.07, 6.45) is 7.56. The van der Waals surface area contributed by atoms with E-state index in [1.54, 1.807) is 0 Å². The molecule has 0 bridgehead atoms. The van der Waals surface area contributed by atoms with Crippen LogP contribution >= 0.6 is 0 Å². The summed E-state index contributed by atoms with van der Waals surface area (Å²) in [5, 5.41) is 3.75. The molecular weight excluding hydrogens is 284 g/mol. The third-order valence-corrected chi connectivity index (χ3v) is 4.45. The number of benzene rings is 1. The van der Waals surface area contributed by atoms with Gasteiger partial charge in [-0.3, -0.25) is 4.99 Å². The summed E-state index contributed by atoms with van der Waals surface area (Å²) >= 11 is 0. The SMILES string of the molecule is CC(C)(C)Oc1ccc(C(NC2=NCCCCC2)C2CC2)cc1. The Hall–Kier alpha value is -1.51. The normalized spacial score (nSPS) is 20.4. The minimum atomic E-state index is -0.148. The maximum absolute atomic E-state index is 5.93. The highest BCUT2D eigenvalue weighted by atomic mass is 16.5. The van der Waals surface area contributed by atoms with Crippen molar-refractivity contribution < 1.29 is 4.74 Å². The summed E-state index contributed by atoms with van der Waals surface area (Å²) in [4.78, 5) is 4.75. The van der Waals surface area contributed by atoms with Crippen LogP contribution in [-0.2, 0) is 0 Å². The number of hydrogen-bond acceptors (Lipinski definition) is 3. The van der Waals surface area contributed by atoms with Gasteiger partial charge in [0, 0.05) is 13.0 Å². The Bertz CT molecular complexity index is 538. The van der Waals surface area contributed by atoms with Crippen molar-refractivity contribution in [2.24, 2.45) is 10.9 Å². The molecule has 0 amide bonds. The van der Waals surface area contributed by atoms with Crippen molar-refractivity contribution >= 4 is 5.84 Å².